The maximum atomic E-state index is 13.5. The van der Waals surface area contributed by atoms with Crippen LogP contribution in [0.4, 0.5) is 8.78 Å². The van der Waals surface area contributed by atoms with Gasteiger partial charge in [0.15, 0.2) is 11.6 Å². The third kappa shape index (κ3) is 13.5. The van der Waals surface area contributed by atoms with E-state index < -0.39 is 17.6 Å². The van der Waals surface area contributed by atoms with Crippen molar-refractivity contribution in [3.63, 3.8) is 0 Å². The largest absolute Gasteiger partial charge is 0.324 e. The molecule has 1 rings (SSSR count). The molecule has 1 aromatic rings. The average molecular weight is 513 g/mol. The molecule has 0 aliphatic rings. The Labute approximate surface area is 220 Å². The molecule has 210 valence electrons. The monoisotopic (exact) mass is 512 g/mol. The van der Waals surface area contributed by atoms with Gasteiger partial charge in [0.1, 0.15) is 0 Å². The van der Waals surface area contributed by atoms with Gasteiger partial charge in [-0.25, -0.2) is 8.78 Å². The highest BCUT2D eigenvalue weighted by Gasteiger charge is 2.44. The molecule has 1 aromatic carbocycles. The zero-order valence-electron chi connectivity index (χ0n) is 24.2. The second-order valence-electron chi connectivity index (χ2n) is 11.1. The van der Waals surface area contributed by atoms with Crippen molar-refractivity contribution < 1.29 is 23.0 Å². The Kier molecular flexibility index (Phi) is 16.7. The van der Waals surface area contributed by atoms with Crippen LogP contribution < -0.4 is 0 Å². The van der Waals surface area contributed by atoms with Gasteiger partial charge in [0.2, 0.25) is 0 Å². The quantitative estimate of drug-likeness (QED) is 0.121. The lowest BCUT2D eigenvalue weighted by Gasteiger charge is -2.43. The highest BCUT2D eigenvalue weighted by molar-refractivity contribution is 5.17. The van der Waals surface area contributed by atoms with Gasteiger partial charge < -0.3 is 14.2 Å². The zero-order chi connectivity index (χ0) is 27.0. The summed E-state index contributed by atoms with van der Waals surface area (Å²) in [6, 6.07) is 4.21. The molecule has 36 heavy (non-hydrogen) atoms. The van der Waals surface area contributed by atoms with Crippen LogP contribution in [0.25, 0.3) is 0 Å². The van der Waals surface area contributed by atoms with Crippen molar-refractivity contribution in [1.82, 2.24) is 0 Å². The third-order valence-electron chi connectivity index (χ3n) is 6.36. The molecule has 0 spiro atoms. The molecule has 0 aliphatic carbocycles. The first-order chi connectivity index (χ1) is 17.1. The van der Waals surface area contributed by atoms with E-state index in [-0.39, 0.29) is 24.2 Å². The Hall–Kier alpha value is -1.04. The van der Waals surface area contributed by atoms with Crippen molar-refractivity contribution >= 4 is 0 Å². The van der Waals surface area contributed by atoms with Crippen LogP contribution in [0, 0.1) is 17.6 Å². The zero-order valence-corrected chi connectivity index (χ0v) is 24.2. The molecule has 0 N–H and O–H groups in total. The molecule has 3 nitrogen and oxygen atoms in total. The fraction of sp³-hybridized carbons (Fsp3) is 0.806. The van der Waals surface area contributed by atoms with Crippen LogP contribution >= 0.6 is 0 Å². The van der Waals surface area contributed by atoms with E-state index in [1.54, 1.807) is 6.07 Å². The SMILES string of the molecule is CCCCCCCCC(CCCCCCc1ccc(F)c(F)c1)C(OC(C)C)(OC(C)C)OC(C)C. The van der Waals surface area contributed by atoms with Crippen LogP contribution in [0.3, 0.4) is 0 Å². The van der Waals surface area contributed by atoms with Gasteiger partial charge in [0.25, 0.3) is 5.97 Å². The van der Waals surface area contributed by atoms with Crippen LogP contribution in [0.1, 0.15) is 131 Å². The minimum absolute atomic E-state index is 0.00865. The summed E-state index contributed by atoms with van der Waals surface area (Å²) in [5, 5.41) is 0. The lowest BCUT2D eigenvalue weighted by molar-refractivity contribution is -0.433. The molecule has 5 heteroatoms. The van der Waals surface area contributed by atoms with E-state index >= 15 is 0 Å². The summed E-state index contributed by atoms with van der Waals surface area (Å²) in [5.74, 6) is -2.43. The molecule has 0 saturated heterocycles. The molecule has 1 atom stereocenters. The van der Waals surface area contributed by atoms with Crippen molar-refractivity contribution in [2.45, 2.75) is 156 Å². The predicted molar refractivity (Wildman–Crippen MR) is 146 cm³/mol. The molecule has 0 aromatic heterocycles. The average Bonchev–Trinajstić information content (AvgIpc) is 2.77. The first kappa shape index (κ1) is 33.0. The van der Waals surface area contributed by atoms with Crippen LogP contribution in [-0.4, -0.2) is 24.3 Å². The van der Waals surface area contributed by atoms with E-state index in [1.807, 2.05) is 41.5 Å². The Morgan fingerprint density at radius 2 is 1.11 bits per heavy atom. The number of aryl methyl sites for hydroxylation is 1. The first-order valence-corrected chi connectivity index (χ1v) is 14.6. The third-order valence-corrected chi connectivity index (χ3v) is 6.36. The van der Waals surface area contributed by atoms with E-state index in [4.69, 9.17) is 14.2 Å². The summed E-state index contributed by atoms with van der Waals surface area (Å²) in [7, 11) is 0. The number of ether oxygens (including phenoxy) is 3. The second kappa shape index (κ2) is 18.3. The summed E-state index contributed by atoms with van der Waals surface area (Å²) in [6.45, 7) is 14.5. The standard InChI is InChI=1S/C31H54F2O3/c1-8-9-10-11-12-16-19-28(31(34-24(2)3,35-25(4)5)36-26(6)7)20-17-14-13-15-18-27-21-22-29(32)30(33)23-27/h21-26,28H,8-20H2,1-7H3. The fourth-order valence-electron chi connectivity index (χ4n) is 4.80. The highest BCUT2D eigenvalue weighted by Crippen LogP contribution is 2.37. The molecule has 0 fully saturated rings. The van der Waals surface area contributed by atoms with Gasteiger partial charge in [-0.05, 0) is 84.9 Å². The minimum Gasteiger partial charge on any atom is -0.324 e. The van der Waals surface area contributed by atoms with Gasteiger partial charge in [0.05, 0.1) is 18.3 Å². The molecule has 0 heterocycles. The van der Waals surface area contributed by atoms with Gasteiger partial charge in [-0.3, -0.25) is 0 Å². The van der Waals surface area contributed by atoms with Gasteiger partial charge in [0, 0.05) is 5.92 Å². The molecular formula is C31H54F2O3. The normalized spacial score (nSPS) is 13.3. The second-order valence-corrected chi connectivity index (χ2v) is 11.1. The number of unbranched alkanes of at least 4 members (excludes halogenated alkanes) is 8. The van der Waals surface area contributed by atoms with Gasteiger partial charge in [-0.15, -0.1) is 0 Å². The summed E-state index contributed by atoms with van der Waals surface area (Å²) >= 11 is 0. The lowest BCUT2D eigenvalue weighted by atomic mass is 9.91. The first-order valence-electron chi connectivity index (χ1n) is 14.6. The molecule has 0 saturated carbocycles. The topological polar surface area (TPSA) is 27.7 Å². The van der Waals surface area contributed by atoms with Gasteiger partial charge >= 0.3 is 0 Å². The number of hydrogen-bond acceptors (Lipinski definition) is 3. The highest BCUT2D eigenvalue weighted by atomic mass is 19.2. The van der Waals surface area contributed by atoms with Gasteiger partial charge in [-0.2, -0.15) is 0 Å². The Morgan fingerprint density at radius 1 is 0.639 bits per heavy atom. The van der Waals surface area contributed by atoms with Crippen molar-refractivity contribution in [2.24, 2.45) is 5.92 Å². The molecule has 0 aliphatic heterocycles. The Morgan fingerprint density at radius 3 is 1.58 bits per heavy atom. The van der Waals surface area contributed by atoms with Crippen LogP contribution in [-0.2, 0) is 20.6 Å². The number of rotatable bonds is 21. The minimum atomic E-state index is -1.04. The van der Waals surface area contributed by atoms with E-state index in [9.17, 15) is 8.78 Å². The Balaban J connectivity index is 2.77. The summed E-state index contributed by atoms with van der Waals surface area (Å²) in [4.78, 5) is 0. The number of halogens is 2. The maximum Gasteiger partial charge on any atom is 0.286 e. The number of benzene rings is 1. The van der Waals surface area contributed by atoms with Crippen LogP contribution in [0.2, 0.25) is 0 Å². The van der Waals surface area contributed by atoms with E-state index in [0.29, 0.717) is 0 Å². The maximum absolute atomic E-state index is 13.5. The fourth-order valence-corrected chi connectivity index (χ4v) is 4.80. The molecule has 0 bridgehead atoms. The van der Waals surface area contributed by atoms with Crippen molar-refractivity contribution in [1.29, 1.82) is 0 Å². The molecule has 0 radical (unpaired) electrons. The van der Waals surface area contributed by atoms with Crippen molar-refractivity contribution in [3.8, 4) is 0 Å². The number of hydrogen-bond donors (Lipinski definition) is 0. The van der Waals surface area contributed by atoms with Crippen molar-refractivity contribution in [2.75, 3.05) is 0 Å². The van der Waals surface area contributed by atoms with Crippen molar-refractivity contribution in [3.05, 3.63) is 35.4 Å². The van der Waals surface area contributed by atoms with E-state index in [1.165, 1.54) is 44.2 Å². The van der Waals surface area contributed by atoms with Gasteiger partial charge in [-0.1, -0.05) is 70.8 Å². The van der Waals surface area contributed by atoms with E-state index in [2.05, 4.69) is 6.92 Å². The molecule has 0 amide bonds. The van der Waals surface area contributed by atoms with E-state index in [0.717, 1.165) is 56.9 Å². The summed E-state index contributed by atoms with van der Waals surface area (Å²) in [5.41, 5.74) is 0.856. The summed E-state index contributed by atoms with van der Waals surface area (Å²) in [6.07, 6.45) is 14.4. The van der Waals surface area contributed by atoms with Crippen LogP contribution in [0.15, 0.2) is 18.2 Å². The lowest BCUT2D eigenvalue weighted by Crippen LogP contribution is -2.50. The van der Waals surface area contributed by atoms with Crippen LogP contribution in [0.5, 0.6) is 0 Å². The molecule has 1 unspecified atom stereocenters. The summed E-state index contributed by atoms with van der Waals surface area (Å²) < 4.78 is 46.0. The smallest absolute Gasteiger partial charge is 0.286 e. The predicted octanol–water partition coefficient (Wildman–Crippen LogP) is 9.75. The molecular weight excluding hydrogens is 458 g/mol. The Bertz CT molecular complexity index is 664.